The van der Waals surface area contributed by atoms with Crippen molar-refractivity contribution in [1.82, 2.24) is 9.38 Å². The van der Waals surface area contributed by atoms with Gasteiger partial charge in [0.1, 0.15) is 29.5 Å². The summed E-state index contributed by atoms with van der Waals surface area (Å²) in [6.45, 7) is 2.21. The summed E-state index contributed by atoms with van der Waals surface area (Å²) in [7, 11) is 1.63. The Bertz CT molecular complexity index is 858. The molecule has 6 heteroatoms. The number of carbonyl (C=O) groups excluding carboxylic acids is 1. The van der Waals surface area contributed by atoms with E-state index in [-0.39, 0.29) is 12.5 Å². The van der Waals surface area contributed by atoms with Crippen LogP contribution >= 0.6 is 0 Å². The molecule has 1 aromatic carbocycles. The number of hydrogen-bond acceptors (Lipinski definition) is 5. The van der Waals surface area contributed by atoms with Crippen LogP contribution in [0.5, 0.6) is 5.75 Å². The molecule has 2 aromatic heterocycles. The van der Waals surface area contributed by atoms with Crippen LogP contribution in [-0.2, 0) is 9.53 Å². The summed E-state index contributed by atoms with van der Waals surface area (Å²) in [6, 6.07) is 13.4. The number of esters is 1. The van der Waals surface area contributed by atoms with Crippen molar-refractivity contribution in [2.24, 2.45) is 0 Å². The number of hydrogen-bond donors (Lipinski definition) is 1. The zero-order valence-corrected chi connectivity index (χ0v) is 13.7. The number of nitrogens with zero attached hydrogens (tertiary/aromatic N) is 2. The topological polar surface area (TPSA) is 64.9 Å². The van der Waals surface area contributed by atoms with Gasteiger partial charge >= 0.3 is 5.97 Å². The van der Waals surface area contributed by atoms with Crippen molar-refractivity contribution in [2.75, 3.05) is 25.6 Å². The lowest BCUT2D eigenvalue weighted by Gasteiger charge is -2.10. The minimum absolute atomic E-state index is 0.0681. The molecule has 24 heavy (non-hydrogen) atoms. The first-order valence-electron chi connectivity index (χ1n) is 7.74. The minimum atomic E-state index is -0.311. The molecule has 0 aliphatic heterocycles. The predicted octanol–water partition coefficient (Wildman–Crippen LogP) is 2.98. The van der Waals surface area contributed by atoms with Crippen LogP contribution in [0.15, 0.2) is 48.7 Å². The average Bonchev–Trinajstić information content (AvgIpc) is 2.98. The monoisotopic (exact) mass is 325 g/mol. The van der Waals surface area contributed by atoms with Gasteiger partial charge in [-0.15, -0.1) is 0 Å². The number of ether oxygens (including phenoxy) is 2. The van der Waals surface area contributed by atoms with Gasteiger partial charge in [0.25, 0.3) is 0 Å². The summed E-state index contributed by atoms with van der Waals surface area (Å²) in [5.74, 6) is 1.14. The number of pyridine rings is 1. The van der Waals surface area contributed by atoms with E-state index in [2.05, 4.69) is 10.3 Å². The molecule has 0 spiro atoms. The molecule has 0 aliphatic rings. The highest BCUT2D eigenvalue weighted by Crippen LogP contribution is 2.34. The van der Waals surface area contributed by atoms with Crippen LogP contribution < -0.4 is 10.1 Å². The third-order valence-electron chi connectivity index (χ3n) is 3.60. The van der Waals surface area contributed by atoms with Gasteiger partial charge in [0, 0.05) is 11.8 Å². The Kier molecular flexibility index (Phi) is 4.65. The average molecular weight is 325 g/mol. The second-order valence-electron chi connectivity index (χ2n) is 5.10. The molecule has 0 amide bonds. The molecule has 0 saturated carbocycles. The number of rotatable bonds is 6. The summed E-state index contributed by atoms with van der Waals surface area (Å²) in [4.78, 5) is 16.4. The molecule has 0 atom stereocenters. The van der Waals surface area contributed by atoms with Gasteiger partial charge in [0.05, 0.1) is 13.7 Å². The number of anilines is 1. The minimum Gasteiger partial charge on any atom is -0.496 e. The fourth-order valence-electron chi connectivity index (χ4n) is 2.56. The summed E-state index contributed by atoms with van der Waals surface area (Å²) >= 11 is 0. The van der Waals surface area contributed by atoms with Gasteiger partial charge in [-0.25, -0.2) is 4.98 Å². The van der Waals surface area contributed by atoms with Gasteiger partial charge in [0.2, 0.25) is 0 Å². The standard InChI is InChI=1S/C18H19N3O3/c1-3-24-16(22)12-19-18-17(13-8-4-5-9-14(13)23-2)20-15-10-6-7-11-21(15)18/h4-11,19H,3,12H2,1-2H3. The second-order valence-corrected chi connectivity index (χ2v) is 5.10. The predicted molar refractivity (Wildman–Crippen MR) is 92.3 cm³/mol. The maximum Gasteiger partial charge on any atom is 0.325 e. The van der Waals surface area contributed by atoms with E-state index in [9.17, 15) is 4.79 Å². The summed E-state index contributed by atoms with van der Waals surface area (Å²) in [6.07, 6.45) is 1.90. The molecule has 0 bridgehead atoms. The van der Waals surface area contributed by atoms with Crippen LogP contribution in [0.4, 0.5) is 5.82 Å². The first-order chi connectivity index (χ1) is 11.7. The Morgan fingerprint density at radius 2 is 2.00 bits per heavy atom. The van der Waals surface area contributed by atoms with Crippen LogP contribution in [0.1, 0.15) is 6.92 Å². The maximum atomic E-state index is 11.7. The summed E-state index contributed by atoms with van der Waals surface area (Å²) < 4.78 is 12.3. The summed E-state index contributed by atoms with van der Waals surface area (Å²) in [5.41, 5.74) is 2.36. The van der Waals surface area contributed by atoms with Gasteiger partial charge in [-0.05, 0) is 31.2 Å². The fraction of sp³-hybridized carbons (Fsp3) is 0.222. The molecule has 0 fully saturated rings. The highest BCUT2D eigenvalue weighted by molar-refractivity contribution is 5.83. The van der Waals surface area contributed by atoms with E-state index in [0.29, 0.717) is 6.61 Å². The van der Waals surface area contributed by atoms with Crippen molar-refractivity contribution >= 4 is 17.4 Å². The number of fused-ring (bicyclic) bond motifs is 1. The molecule has 3 aromatic rings. The highest BCUT2D eigenvalue weighted by Gasteiger charge is 2.17. The van der Waals surface area contributed by atoms with Gasteiger partial charge < -0.3 is 14.8 Å². The second kappa shape index (κ2) is 7.04. The smallest absolute Gasteiger partial charge is 0.325 e. The van der Waals surface area contributed by atoms with Crippen molar-refractivity contribution in [3.05, 3.63) is 48.7 Å². The van der Waals surface area contributed by atoms with E-state index in [0.717, 1.165) is 28.5 Å². The Morgan fingerprint density at radius 3 is 2.79 bits per heavy atom. The van der Waals surface area contributed by atoms with Crippen molar-refractivity contribution < 1.29 is 14.3 Å². The lowest BCUT2D eigenvalue weighted by atomic mass is 10.1. The Labute approximate surface area is 140 Å². The van der Waals surface area contributed by atoms with E-state index in [1.54, 1.807) is 14.0 Å². The number of para-hydroxylation sites is 1. The van der Waals surface area contributed by atoms with E-state index in [1.165, 1.54) is 0 Å². The normalized spacial score (nSPS) is 10.6. The van der Waals surface area contributed by atoms with Gasteiger partial charge in [0.15, 0.2) is 0 Å². The molecule has 0 saturated heterocycles. The maximum absolute atomic E-state index is 11.7. The molecule has 0 radical (unpaired) electrons. The van der Waals surface area contributed by atoms with E-state index >= 15 is 0 Å². The number of aromatic nitrogens is 2. The van der Waals surface area contributed by atoms with Crippen LogP contribution in [0.25, 0.3) is 16.9 Å². The molecule has 0 aliphatic carbocycles. The molecule has 124 valence electrons. The van der Waals surface area contributed by atoms with Crippen molar-refractivity contribution in [3.63, 3.8) is 0 Å². The SMILES string of the molecule is CCOC(=O)CNc1c(-c2ccccc2OC)nc2ccccn12. The van der Waals surface area contributed by atoms with Crippen molar-refractivity contribution in [1.29, 1.82) is 0 Å². The van der Waals surface area contributed by atoms with Gasteiger partial charge in [-0.2, -0.15) is 0 Å². The van der Waals surface area contributed by atoms with Crippen LogP contribution in [0, 0.1) is 0 Å². The molecular formula is C18H19N3O3. The first-order valence-corrected chi connectivity index (χ1v) is 7.74. The first kappa shape index (κ1) is 15.9. The van der Waals surface area contributed by atoms with Gasteiger partial charge in [-0.1, -0.05) is 18.2 Å². The number of benzene rings is 1. The molecule has 3 rings (SSSR count). The fourth-order valence-corrected chi connectivity index (χ4v) is 2.56. The third-order valence-corrected chi connectivity index (χ3v) is 3.60. The molecule has 2 heterocycles. The lowest BCUT2D eigenvalue weighted by Crippen LogP contribution is -2.17. The zero-order valence-electron chi connectivity index (χ0n) is 13.7. The number of methoxy groups -OCH3 is 1. The number of carbonyl (C=O) groups is 1. The number of nitrogens with one attached hydrogen (secondary N) is 1. The van der Waals surface area contributed by atoms with Crippen molar-refractivity contribution in [2.45, 2.75) is 6.92 Å². The Balaban J connectivity index is 2.06. The molecule has 0 unspecified atom stereocenters. The Morgan fingerprint density at radius 1 is 1.21 bits per heavy atom. The molecular weight excluding hydrogens is 306 g/mol. The largest absolute Gasteiger partial charge is 0.496 e. The highest BCUT2D eigenvalue weighted by atomic mass is 16.5. The molecule has 1 N–H and O–H groups in total. The van der Waals surface area contributed by atoms with Crippen LogP contribution in [-0.4, -0.2) is 35.6 Å². The van der Waals surface area contributed by atoms with Crippen molar-refractivity contribution in [3.8, 4) is 17.0 Å². The molecule has 6 nitrogen and oxygen atoms in total. The Hall–Kier alpha value is -3.02. The van der Waals surface area contributed by atoms with Gasteiger partial charge in [-0.3, -0.25) is 9.20 Å². The van der Waals surface area contributed by atoms with Crippen LogP contribution in [0.3, 0.4) is 0 Å². The lowest BCUT2D eigenvalue weighted by molar-refractivity contribution is -0.140. The third kappa shape index (κ3) is 3.03. The van der Waals surface area contributed by atoms with Crippen LogP contribution in [0.2, 0.25) is 0 Å². The quantitative estimate of drug-likeness (QED) is 0.706. The summed E-state index contributed by atoms with van der Waals surface area (Å²) in [5, 5.41) is 3.14. The van der Waals surface area contributed by atoms with E-state index < -0.39 is 0 Å². The van der Waals surface area contributed by atoms with E-state index in [1.807, 2.05) is 53.1 Å². The zero-order chi connectivity index (χ0) is 16.9. The van der Waals surface area contributed by atoms with E-state index in [4.69, 9.17) is 9.47 Å². The number of imidazole rings is 1.